The standard InChI is InChI=1S/2C11H9N5.2BF4.Cu/c2*1-4-10(15-8-2-6-12-15)14-11(5-1)16-9-3-7-13-16;2*2-1(3,4)5;/h2*1-9H;;;/q;;2*-1;+2. The van der Waals surface area contributed by atoms with Crippen LogP contribution in [0.5, 0.6) is 0 Å². The number of hydrogen-bond donors (Lipinski definition) is 0. The van der Waals surface area contributed by atoms with Gasteiger partial charge in [0.25, 0.3) is 0 Å². The van der Waals surface area contributed by atoms with Gasteiger partial charge in [0.1, 0.15) is 0 Å². The van der Waals surface area contributed by atoms with E-state index in [1.54, 1.807) is 43.5 Å². The van der Waals surface area contributed by atoms with Crippen LogP contribution in [0.4, 0.5) is 34.5 Å². The van der Waals surface area contributed by atoms with Crippen molar-refractivity contribution in [3.05, 3.63) is 110 Å². The van der Waals surface area contributed by atoms with Gasteiger partial charge in [0.05, 0.1) is 0 Å². The van der Waals surface area contributed by atoms with E-state index in [9.17, 15) is 34.5 Å². The summed E-state index contributed by atoms with van der Waals surface area (Å²) in [4.78, 5) is 8.92. The minimum Gasteiger partial charge on any atom is -0.418 e. The van der Waals surface area contributed by atoms with Gasteiger partial charge in [-0.2, -0.15) is 20.4 Å². The van der Waals surface area contributed by atoms with Crippen molar-refractivity contribution in [3.63, 3.8) is 0 Å². The Bertz CT molecular complexity index is 1350. The quantitative estimate of drug-likeness (QED) is 0.183. The normalized spacial score (nSPS) is 10.6. The summed E-state index contributed by atoms with van der Waals surface area (Å²) >= 11 is 0. The molecule has 0 unspecified atom stereocenters. The molecule has 0 aromatic carbocycles. The third-order valence-electron chi connectivity index (χ3n) is 4.40. The SMILES string of the molecule is F[B-](F)(F)F.F[B-](F)(F)F.[Cu+2].c1cc(-n2cccn2)nc(-n2cccn2)c1.c1cc(-n2cccn2)nc(-n2cccn2)c1. The van der Waals surface area contributed by atoms with Crippen LogP contribution in [0, 0.1) is 0 Å². The third kappa shape index (κ3) is 13.2. The van der Waals surface area contributed by atoms with Crippen molar-refractivity contribution in [3.8, 4) is 23.3 Å². The molecule has 0 aliphatic heterocycles. The van der Waals surface area contributed by atoms with E-state index in [1.165, 1.54) is 0 Å². The summed E-state index contributed by atoms with van der Waals surface area (Å²) < 4.78 is 84.9. The van der Waals surface area contributed by atoms with E-state index in [-0.39, 0.29) is 17.1 Å². The van der Waals surface area contributed by atoms with Gasteiger partial charge in [-0.1, -0.05) is 12.1 Å². The number of halogens is 8. The Hall–Kier alpha value is -4.77. The number of rotatable bonds is 4. The van der Waals surface area contributed by atoms with E-state index in [0.29, 0.717) is 0 Å². The van der Waals surface area contributed by atoms with Crippen LogP contribution in [0.15, 0.2) is 110 Å². The first-order valence-electron chi connectivity index (χ1n) is 11.6. The number of hydrogen-bond acceptors (Lipinski definition) is 6. The largest absolute Gasteiger partial charge is 2.00 e. The predicted molar refractivity (Wildman–Crippen MR) is 137 cm³/mol. The van der Waals surface area contributed by atoms with Crippen LogP contribution in [0.3, 0.4) is 0 Å². The summed E-state index contributed by atoms with van der Waals surface area (Å²) in [6, 6.07) is 18.9. The molecule has 0 bridgehead atoms. The molecule has 10 nitrogen and oxygen atoms in total. The Morgan fingerprint density at radius 2 is 0.605 bits per heavy atom. The van der Waals surface area contributed by atoms with E-state index in [2.05, 4.69) is 30.4 Å². The Morgan fingerprint density at radius 3 is 0.767 bits per heavy atom. The minimum absolute atomic E-state index is 0. The van der Waals surface area contributed by atoms with E-state index in [0.717, 1.165) is 23.3 Å². The Balaban J connectivity index is 0.000000226. The van der Waals surface area contributed by atoms with Gasteiger partial charge in [-0.15, -0.1) is 0 Å². The molecule has 6 aromatic heterocycles. The predicted octanol–water partition coefficient (Wildman–Crippen LogP) is 5.50. The van der Waals surface area contributed by atoms with Gasteiger partial charge in [-0.05, 0) is 48.5 Å². The molecule has 1 radical (unpaired) electrons. The first-order valence-corrected chi connectivity index (χ1v) is 11.6. The van der Waals surface area contributed by atoms with Gasteiger partial charge in [0, 0.05) is 49.6 Å². The van der Waals surface area contributed by atoms with Crippen LogP contribution < -0.4 is 0 Å². The summed E-state index contributed by atoms with van der Waals surface area (Å²) in [7, 11) is -12.0. The fourth-order valence-corrected chi connectivity index (χ4v) is 2.95. The average Bonchev–Trinajstić information content (AvgIpc) is 3.76. The summed E-state index contributed by atoms with van der Waals surface area (Å²) in [6.07, 6.45) is 14.3. The fourth-order valence-electron chi connectivity index (χ4n) is 2.95. The molecule has 43 heavy (non-hydrogen) atoms. The van der Waals surface area contributed by atoms with E-state index >= 15 is 0 Å². The van der Waals surface area contributed by atoms with E-state index in [1.807, 2.05) is 85.5 Å². The Labute approximate surface area is 248 Å². The molecule has 6 rings (SSSR count). The summed E-state index contributed by atoms with van der Waals surface area (Å²) in [5.74, 6) is 3.10. The van der Waals surface area contributed by atoms with Crippen LogP contribution in [-0.4, -0.2) is 63.6 Å². The molecule has 0 N–H and O–H groups in total. The molecule has 0 saturated heterocycles. The van der Waals surface area contributed by atoms with Crippen molar-refractivity contribution in [1.29, 1.82) is 0 Å². The van der Waals surface area contributed by atoms with Crippen molar-refractivity contribution in [2.75, 3.05) is 0 Å². The van der Waals surface area contributed by atoms with Gasteiger partial charge >= 0.3 is 31.6 Å². The van der Waals surface area contributed by atoms with Gasteiger partial charge in [-0.25, -0.2) is 28.7 Å². The first kappa shape index (κ1) is 34.4. The van der Waals surface area contributed by atoms with Crippen LogP contribution in [0.2, 0.25) is 0 Å². The monoisotopic (exact) mass is 659 g/mol. The minimum atomic E-state index is -6.00. The van der Waals surface area contributed by atoms with E-state index < -0.39 is 14.5 Å². The van der Waals surface area contributed by atoms with Crippen molar-refractivity contribution in [1.82, 2.24) is 49.1 Å². The molecule has 0 saturated carbocycles. The van der Waals surface area contributed by atoms with Gasteiger partial charge in [0.15, 0.2) is 23.3 Å². The second-order valence-electron chi connectivity index (χ2n) is 7.50. The molecule has 0 atom stereocenters. The van der Waals surface area contributed by atoms with Crippen molar-refractivity contribution in [2.45, 2.75) is 0 Å². The summed E-state index contributed by atoms with van der Waals surface area (Å²) in [5.41, 5.74) is 0. The second-order valence-corrected chi connectivity index (χ2v) is 7.50. The molecular formula is C22H18B2CuF8N10. The Morgan fingerprint density at radius 1 is 0.395 bits per heavy atom. The zero-order valence-electron chi connectivity index (χ0n) is 21.3. The van der Waals surface area contributed by atoms with Crippen molar-refractivity contribution in [2.24, 2.45) is 0 Å². The third-order valence-corrected chi connectivity index (χ3v) is 4.40. The maximum atomic E-state index is 9.75. The molecule has 0 fully saturated rings. The number of nitrogens with zero attached hydrogens (tertiary/aromatic N) is 10. The zero-order chi connectivity index (χ0) is 30.6. The number of aromatic nitrogens is 10. The van der Waals surface area contributed by atoms with Crippen molar-refractivity contribution >= 4 is 14.5 Å². The van der Waals surface area contributed by atoms with Gasteiger partial charge in [0.2, 0.25) is 0 Å². The molecule has 21 heteroatoms. The number of pyridine rings is 2. The van der Waals surface area contributed by atoms with Crippen LogP contribution >= 0.6 is 0 Å². The molecule has 0 amide bonds. The maximum absolute atomic E-state index is 9.75. The van der Waals surface area contributed by atoms with Crippen molar-refractivity contribution < 1.29 is 51.6 Å². The average molecular weight is 660 g/mol. The Kier molecular flexibility index (Phi) is 12.8. The topological polar surface area (TPSA) is 97.1 Å². The molecule has 0 aliphatic rings. The molecule has 6 heterocycles. The second kappa shape index (κ2) is 16.0. The molecule has 0 aliphatic carbocycles. The van der Waals surface area contributed by atoms with Crippen LogP contribution in [0.1, 0.15) is 0 Å². The first-order chi connectivity index (χ1) is 19.9. The van der Waals surface area contributed by atoms with Gasteiger partial charge in [-0.3, -0.25) is 0 Å². The van der Waals surface area contributed by atoms with E-state index in [4.69, 9.17) is 0 Å². The van der Waals surface area contributed by atoms with Crippen LogP contribution in [0.25, 0.3) is 23.3 Å². The fraction of sp³-hybridized carbons (Fsp3) is 0. The molecular weight excluding hydrogens is 641 g/mol. The smallest absolute Gasteiger partial charge is 0.418 e. The molecule has 6 aromatic rings. The zero-order valence-corrected chi connectivity index (χ0v) is 22.3. The molecule has 0 spiro atoms. The molecule has 229 valence electrons. The van der Waals surface area contributed by atoms with Crippen LogP contribution in [-0.2, 0) is 17.1 Å². The summed E-state index contributed by atoms with van der Waals surface area (Å²) in [5, 5.41) is 16.5. The maximum Gasteiger partial charge on any atom is 2.00 e. The summed E-state index contributed by atoms with van der Waals surface area (Å²) in [6.45, 7) is 0. The van der Waals surface area contributed by atoms with Gasteiger partial charge < -0.3 is 34.5 Å².